The zero-order chi connectivity index (χ0) is 14.9. The van der Waals surface area contributed by atoms with Crippen LogP contribution in [-0.4, -0.2) is 27.9 Å². The quantitative estimate of drug-likeness (QED) is 0.725. The van der Waals surface area contributed by atoms with Crippen molar-refractivity contribution in [3.8, 4) is 11.3 Å². The molecule has 2 N–H and O–H groups in total. The molecular weight excluding hydrogens is 351 g/mol. The van der Waals surface area contributed by atoms with Crippen LogP contribution >= 0.6 is 0 Å². The van der Waals surface area contributed by atoms with Crippen molar-refractivity contribution >= 4 is 29.0 Å². The molecule has 0 amide bonds. The van der Waals surface area contributed by atoms with Gasteiger partial charge in [-0.3, -0.25) is 0 Å². The number of anilines is 1. The first-order chi connectivity index (χ1) is 10.1. The van der Waals surface area contributed by atoms with E-state index in [0.29, 0.717) is 14.2 Å². The van der Waals surface area contributed by atoms with Crippen molar-refractivity contribution in [2.24, 2.45) is 0 Å². The summed E-state index contributed by atoms with van der Waals surface area (Å²) in [7, 11) is -3.56. The first-order valence-electron chi connectivity index (χ1n) is 6.21. The van der Waals surface area contributed by atoms with Gasteiger partial charge in [0, 0.05) is 0 Å². The zero-order valence-corrected chi connectivity index (χ0v) is 13.5. The SMILES string of the molecule is Nc1nc(-c2ccccc2)c(S(=O)(=O)c2ccccc2)[se]1. The Labute approximate surface area is 128 Å². The van der Waals surface area contributed by atoms with Crippen molar-refractivity contribution in [2.75, 3.05) is 5.73 Å². The number of rotatable bonds is 3. The molecule has 3 rings (SSSR count). The Kier molecular flexibility index (Phi) is 3.67. The van der Waals surface area contributed by atoms with Gasteiger partial charge in [0.25, 0.3) is 0 Å². The normalized spacial score (nSPS) is 11.4. The van der Waals surface area contributed by atoms with Crippen LogP contribution in [0.3, 0.4) is 0 Å². The monoisotopic (exact) mass is 364 g/mol. The van der Waals surface area contributed by atoms with Gasteiger partial charge in [0.1, 0.15) is 0 Å². The Morgan fingerprint density at radius 2 is 1.48 bits per heavy atom. The molecule has 0 saturated heterocycles. The first-order valence-corrected chi connectivity index (χ1v) is 9.40. The van der Waals surface area contributed by atoms with Gasteiger partial charge in [-0.25, -0.2) is 0 Å². The average Bonchev–Trinajstić information content (AvgIpc) is 2.92. The zero-order valence-electron chi connectivity index (χ0n) is 10.9. The van der Waals surface area contributed by atoms with E-state index in [1.54, 1.807) is 30.3 Å². The summed E-state index contributed by atoms with van der Waals surface area (Å²) in [4.78, 5) is 4.53. The van der Waals surface area contributed by atoms with Crippen molar-refractivity contribution in [1.29, 1.82) is 0 Å². The predicted octanol–water partition coefficient (Wildman–Crippen LogP) is 2.22. The summed E-state index contributed by atoms with van der Waals surface area (Å²) in [5, 5.41) is 0. The second kappa shape index (κ2) is 5.48. The Hall–Kier alpha value is -1.88. The van der Waals surface area contributed by atoms with Crippen LogP contribution in [0.25, 0.3) is 11.3 Å². The number of benzene rings is 2. The summed E-state index contributed by atoms with van der Waals surface area (Å²) in [6, 6.07) is 17.7. The molecule has 6 heteroatoms. The van der Waals surface area contributed by atoms with Crippen LogP contribution in [-0.2, 0) is 9.84 Å². The molecule has 0 aliphatic carbocycles. The molecule has 106 valence electrons. The fourth-order valence-electron chi connectivity index (χ4n) is 1.99. The molecule has 0 fully saturated rings. The number of nitrogen functional groups attached to an aromatic ring is 1. The molecule has 0 unspecified atom stereocenters. The van der Waals surface area contributed by atoms with E-state index in [1.165, 1.54) is 0 Å². The van der Waals surface area contributed by atoms with Crippen LogP contribution < -0.4 is 5.73 Å². The molecule has 4 nitrogen and oxygen atoms in total. The van der Waals surface area contributed by atoms with E-state index < -0.39 is 24.3 Å². The molecule has 3 aromatic rings. The van der Waals surface area contributed by atoms with Crippen molar-refractivity contribution in [2.45, 2.75) is 8.66 Å². The minimum atomic E-state index is -3.56. The fourth-order valence-corrected chi connectivity index (χ4v) is 6.22. The van der Waals surface area contributed by atoms with Crippen molar-refractivity contribution in [3.05, 3.63) is 60.7 Å². The van der Waals surface area contributed by atoms with Gasteiger partial charge in [0.15, 0.2) is 0 Å². The van der Waals surface area contributed by atoms with Gasteiger partial charge in [0.05, 0.1) is 0 Å². The van der Waals surface area contributed by atoms with Crippen LogP contribution in [0.1, 0.15) is 0 Å². The molecular formula is C15H12N2O2SSe. The Balaban J connectivity index is 2.21. The van der Waals surface area contributed by atoms with E-state index in [4.69, 9.17) is 5.73 Å². The maximum atomic E-state index is 12.8. The summed E-state index contributed by atoms with van der Waals surface area (Å²) in [6.07, 6.45) is 0. The van der Waals surface area contributed by atoms with Crippen LogP contribution in [0, 0.1) is 0 Å². The van der Waals surface area contributed by atoms with Gasteiger partial charge >= 0.3 is 129 Å². The van der Waals surface area contributed by atoms with Crippen LogP contribution in [0.5, 0.6) is 0 Å². The van der Waals surface area contributed by atoms with E-state index in [2.05, 4.69) is 4.98 Å². The van der Waals surface area contributed by atoms with E-state index >= 15 is 0 Å². The van der Waals surface area contributed by atoms with Crippen LogP contribution in [0.15, 0.2) is 69.3 Å². The second-order valence-electron chi connectivity index (χ2n) is 4.37. The summed E-state index contributed by atoms with van der Waals surface area (Å²) in [5.74, 6) is 0. The van der Waals surface area contributed by atoms with Crippen molar-refractivity contribution in [3.63, 3.8) is 0 Å². The molecule has 0 aliphatic heterocycles. The topological polar surface area (TPSA) is 73.0 Å². The van der Waals surface area contributed by atoms with Crippen LogP contribution in [0.4, 0.5) is 4.69 Å². The molecule has 0 spiro atoms. The standard InChI is InChI=1S/C15H12N2O2SSe/c16-15-17-13(11-7-3-1-4-8-11)14(21-15)20(18,19)12-9-5-2-6-10-12/h1-10H,(H2,16,17). The Morgan fingerprint density at radius 1 is 0.905 bits per heavy atom. The third-order valence-corrected chi connectivity index (χ3v) is 7.77. The van der Waals surface area contributed by atoms with E-state index in [1.807, 2.05) is 30.3 Å². The fraction of sp³-hybridized carbons (Fsp3) is 0. The van der Waals surface area contributed by atoms with E-state index in [9.17, 15) is 8.42 Å². The van der Waals surface area contributed by atoms with Gasteiger partial charge in [-0.2, -0.15) is 0 Å². The minimum absolute atomic E-state index is 0.278. The Morgan fingerprint density at radius 3 is 2.10 bits per heavy atom. The summed E-state index contributed by atoms with van der Waals surface area (Å²) in [5.41, 5.74) is 7.04. The molecule has 0 radical (unpaired) electrons. The molecule has 0 saturated carbocycles. The first kappa shape index (κ1) is 14.1. The number of nitrogens with zero attached hydrogens (tertiary/aromatic N) is 1. The third-order valence-electron chi connectivity index (χ3n) is 2.96. The van der Waals surface area contributed by atoms with Crippen molar-refractivity contribution < 1.29 is 8.42 Å². The second-order valence-corrected chi connectivity index (χ2v) is 9.00. The Bertz CT molecular complexity index is 859. The van der Waals surface area contributed by atoms with Crippen molar-refractivity contribution in [1.82, 2.24) is 4.98 Å². The van der Waals surface area contributed by atoms with Gasteiger partial charge < -0.3 is 0 Å². The molecule has 21 heavy (non-hydrogen) atoms. The summed E-state index contributed by atoms with van der Waals surface area (Å²) >= 11 is -0.472. The molecule has 0 aliphatic rings. The van der Waals surface area contributed by atoms with E-state index in [0.717, 1.165) is 5.56 Å². The number of nitrogens with two attached hydrogens (primary N) is 1. The molecule has 0 bridgehead atoms. The maximum absolute atomic E-state index is 12.8. The summed E-state index contributed by atoms with van der Waals surface area (Å²) in [6.45, 7) is 0. The van der Waals surface area contributed by atoms with Gasteiger partial charge in [0.2, 0.25) is 0 Å². The number of sulfone groups is 1. The molecule has 1 aromatic heterocycles. The molecule has 1 heterocycles. The molecule has 0 atom stereocenters. The number of hydrogen-bond donors (Lipinski definition) is 1. The van der Waals surface area contributed by atoms with Gasteiger partial charge in [-0.1, -0.05) is 0 Å². The third kappa shape index (κ3) is 2.65. The predicted molar refractivity (Wildman–Crippen MR) is 82.9 cm³/mol. The van der Waals surface area contributed by atoms with Gasteiger partial charge in [-0.15, -0.1) is 0 Å². The van der Waals surface area contributed by atoms with Gasteiger partial charge in [-0.05, 0) is 0 Å². The van der Waals surface area contributed by atoms with Crippen LogP contribution in [0.2, 0.25) is 0 Å². The molecule has 2 aromatic carbocycles. The number of hydrogen-bond acceptors (Lipinski definition) is 4. The number of aromatic nitrogens is 1. The average molecular weight is 363 g/mol. The summed E-state index contributed by atoms with van der Waals surface area (Å²) < 4.78 is 26.3. The van der Waals surface area contributed by atoms with E-state index in [-0.39, 0.29) is 4.90 Å².